The Morgan fingerprint density at radius 2 is 1.97 bits per heavy atom. The second-order valence-electron chi connectivity index (χ2n) is 8.53. The van der Waals surface area contributed by atoms with Crippen molar-refractivity contribution in [2.75, 3.05) is 32.1 Å². The van der Waals surface area contributed by atoms with Gasteiger partial charge in [0.05, 0.1) is 19.3 Å². The number of aliphatic hydroxyl groups excluding tert-OH is 2. The monoisotopic (exact) mass is 426 g/mol. The molecule has 4 rings (SSSR count). The molecule has 0 radical (unpaired) electrons. The van der Waals surface area contributed by atoms with Crippen molar-refractivity contribution < 1.29 is 24.5 Å². The van der Waals surface area contributed by atoms with E-state index < -0.39 is 12.2 Å². The molecule has 1 fully saturated rings. The lowest BCUT2D eigenvalue weighted by Gasteiger charge is -2.46. The first kappa shape index (κ1) is 21.6. The Morgan fingerprint density at radius 1 is 1.26 bits per heavy atom. The van der Waals surface area contributed by atoms with E-state index in [-0.39, 0.29) is 11.5 Å². The standard InChI is InChI=1S/C24H30N2O5/c1-16(27)25-18-5-3-17(4-6-18)22(29)15-26-11-9-24(10-12-26)14-21(28)20-8-7-19(30-2)13-23(20)31-24/h3-8,13,21-22,28-29H,9-12,14-15H2,1-2H3,(H,25,27)/t21-,22+/m1/s1. The quantitative estimate of drug-likeness (QED) is 0.681. The minimum absolute atomic E-state index is 0.119. The van der Waals surface area contributed by atoms with Crippen molar-refractivity contribution in [1.29, 1.82) is 0 Å². The molecule has 2 aliphatic heterocycles. The van der Waals surface area contributed by atoms with Gasteiger partial charge in [-0.1, -0.05) is 12.1 Å². The molecule has 0 bridgehead atoms. The number of nitrogens with zero attached hydrogens (tertiary/aromatic N) is 1. The first-order valence-corrected chi connectivity index (χ1v) is 10.7. The Balaban J connectivity index is 1.35. The molecular formula is C24H30N2O5. The molecule has 7 heteroatoms. The summed E-state index contributed by atoms with van der Waals surface area (Å²) in [6.45, 7) is 3.57. The van der Waals surface area contributed by atoms with Crippen LogP contribution in [0.4, 0.5) is 5.69 Å². The van der Waals surface area contributed by atoms with E-state index in [0.29, 0.717) is 30.2 Å². The number of piperidine rings is 1. The molecule has 1 saturated heterocycles. The highest BCUT2D eigenvalue weighted by molar-refractivity contribution is 5.88. The van der Waals surface area contributed by atoms with Gasteiger partial charge in [0.2, 0.25) is 5.91 Å². The van der Waals surface area contributed by atoms with Gasteiger partial charge in [0.25, 0.3) is 0 Å². The van der Waals surface area contributed by atoms with Crippen LogP contribution in [0, 0.1) is 0 Å². The molecule has 1 amide bonds. The van der Waals surface area contributed by atoms with Crippen molar-refractivity contribution >= 4 is 11.6 Å². The first-order valence-electron chi connectivity index (χ1n) is 10.7. The van der Waals surface area contributed by atoms with Gasteiger partial charge in [0.15, 0.2) is 0 Å². The van der Waals surface area contributed by atoms with Crippen LogP contribution in [0.25, 0.3) is 0 Å². The number of carbonyl (C=O) groups excluding carboxylic acids is 1. The van der Waals surface area contributed by atoms with Crippen LogP contribution in [0.5, 0.6) is 11.5 Å². The normalized spacial score (nSPS) is 21.1. The van der Waals surface area contributed by atoms with Crippen LogP contribution in [0.1, 0.15) is 49.5 Å². The molecule has 7 nitrogen and oxygen atoms in total. The van der Waals surface area contributed by atoms with Crippen LogP contribution in [0.3, 0.4) is 0 Å². The summed E-state index contributed by atoms with van der Waals surface area (Å²) in [5.41, 5.74) is 1.96. The number of hydrogen-bond donors (Lipinski definition) is 3. The first-order chi connectivity index (χ1) is 14.9. The smallest absolute Gasteiger partial charge is 0.221 e. The third kappa shape index (κ3) is 4.84. The molecule has 31 heavy (non-hydrogen) atoms. The Bertz CT molecular complexity index is 922. The van der Waals surface area contributed by atoms with Crippen molar-refractivity contribution in [2.45, 2.75) is 44.0 Å². The number of amides is 1. The molecule has 0 aliphatic carbocycles. The summed E-state index contributed by atoms with van der Waals surface area (Å²) >= 11 is 0. The Kier molecular flexibility index (Phi) is 6.18. The van der Waals surface area contributed by atoms with Crippen LogP contribution >= 0.6 is 0 Å². The van der Waals surface area contributed by atoms with Crippen LogP contribution in [-0.4, -0.2) is 53.4 Å². The maximum Gasteiger partial charge on any atom is 0.221 e. The van der Waals surface area contributed by atoms with Crippen LogP contribution < -0.4 is 14.8 Å². The number of β-amino-alcohol motifs (C(OH)–C–C–N with tert-alkyl or cyclic N) is 1. The molecule has 2 aliphatic rings. The van der Waals surface area contributed by atoms with E-state index >= 15 is 0 Å². The minimum Gasteiger partial charge on any atom is -0.497 e. The zero-order valence-corrected chi connectivity index (χ0v) is 18.0. The minimum atomic E-state index is -0.608. The molecule has 0 aromatic heterocycles. The van der Waals surface area contributed by atoms with E-state index in [1.165, 1.54) is 6.92 Å². The number of benzene rings is 2. The molecule has 0 unspecified atom stereocenters. The predicted octanol–water partition coefficient (Wildman–Crippen LogP) is 3.04. The lowest BCUT2D eigenvalue weighted by Crippen LogP contribution is -2.51. The van der Waals surface area contributed by atoms with Crippen molar-refractivity contribution in [3.05, 3.63) is 53.6 Å². The molecule has 0 saturated carbocycles. The number of anilines is 1. The third-order valence-electron chi connectivity index (χ3n) is 6.29. The predicted molar refractivity (Wildman–Crippen MR) is 117 cm³/mol. The Morgan fingerprint density at radius 3 is 2.61 bits per heavy atom. The molecule has 166 valence electrons. The average molecular weight is 427 g/mol. The number of nitrogens with one attached hydrogen (secondary N) is 1. The fraction of sp³-hybridized carbons (Fsp3) is 0.458. The number of fused-ring (bicyclic) bond motifs is 1. The van der Waals surface area contributed by atoms with Crippen molar-refractivity contribution in [3.63, 3.8) is 0 Å². The fourth-order valence-corrected chi connectivity index (χ4v) is 4.53. The largest absolute Gasteiger partial charge is 0.497 e. The molecule has 2 atom stereocenters. The summed E-state index contributed by atoms with van der Waals surface area (Å²) in [6, 6.07) is 12.8. The van der Waals surface area contributed by atoms with Gasteiger partial charge in [-0.2, -0.15) is 0 Å². The van der Waals surface area contributed by atoms with Gasteiger partial charge in [0, 0.05) is 50.3 Å². The van der Waals surface area contributed by atoms with E-state index in [1.807, 2.05) is 30.3 Å². The number of aliphatic hydroxyl groups is 2. The zero-order valence-electron chi connectivity index (χ0n) is 18.0. The van der Waals surface area contributed by atoms with Crippen LogP contribution in [0.2, 0.25) is 0 Å². The number of ether oxygens (including phenoxy) is 2. The van der Waals surface area contributed by atoms with Crippen molar-refractivity contribution in [2.24, 2.45) is 0 Å². The van der Waals surface area contributed by atoms with E-state index in [0.717, 1.165) is 37.1 Å². The van der Waals surface area contributed by atoms with Crippen LogP contribution in [0.15, 0.2) is 42.5 Å². The average Bonchev–Trinajstić information content (AvgIpc) is 2.75. The summed E-state index contributed by atoms with van der Waals surface area (Å²) in [6.07, 6.45) is 0.995. The van der Waals surface area contributed by atoms with E-state index in [9.17, 15) is 15.0 Å². The highest BCUT2D eigenvalue weighted by Crippen LogP contribution is 2.45. The second-order valence-corrected chi connectivity index (χ2v) is 8.53. The summed E-state index contributed by atoms with van der Waals surface area (Å²) in [5.74, 6) is 1.30. The van der Waals surface area contributed by atoms with Gasteiger partial charge < -0.3 is 29.9 Å². The number of hydrogen-bond acceptors (Lipinski definition) is 6. The second kappa shape index (κ2) is 8.86. The van der Waals surface area contributed by atoms with Gasteiger partial charge in [0.1, 0.15) is 17.1 Å². The van der Waals surface area contributed by atoms with Crippen molar-refractivity contribution in [1.82, 2.24) is 4.90 Å². The summed E-state index contributed by atoms with van der Waals surface area (Å²) < 4.78 is 11.7. The third-order valence-corrected chi connectivity index (χ3v) is 6.29. The number of carbonyl (C=O) groups is 1. The fourth-order valence-electron chi connectivity index (χ4n) is 4.53. The SMILES string of the molecule is COc1ccc2c(c1)OC1(CCN(C[C@H](O)c3ccc(NC(C)=O)cc3)CC1)C[C@H]2O. The van der Waals surface area contributed by atoms with Crippen LogP contribution in [-0.2, 0) is 4.79 Å². The number of rotatable bonds is 5. The highest BCUT2D eigenvalue weighted by atomic mass is 16.5. The molecule has 2 aromatic carbocycles. The highest BCUT2D eigenvalue weighted by Gasteiger charge is 2.43. The summed E-state index contributed by atoms with van der Waals surface area (Å²) in [7, 11) is 1.62. The van der Waals surface area contributed by atoms with Gasteiger partial charge in [-0.05, 0) is 42.7 Å². The maximum atomic E-state index is 11.1. The van der Waals surface area contributed by atoms with E-state index in [2.05, 4.69) is 10.2 Å². The van der Waals surface area contributed by atoms with Crippen molar-refractivity contribution in [3.8, 4) is 11.5 Å². The topological polar surface area (TPSA) is 91.3 Å². The molecular weight excluding hydrogens is 396 g/mol. The number of likely N-dealkylation sites (tertiary alicyclic amines) is 1. The lowest BCUT2D eigenvalue weighted by molar-refractivity contribution is -0.114. The summed E-state index contributed by atoms with van der Waals surface area (Å²) in [4.78, 5) is 13.4. The Labute approximate surface area is 182 Å². The van der Waals surface area contributed by atoms with Gasteiger partial charge in [-0.15, -0.1) is 0 Å². The molecule has 3 N–H and O–H groups in total. The number of methoxy groups -OCH3 is 1. The van der Waals surface area contributed by atoms with Gasteiger partial charge in [-0.3, -0.25) is 4.79 Å². The lowest BCUT2D eigenvalue weighted by atomic mass is 9.81. The zero-order chi connectivity index (χ0) is 22.0. The summed E-state index contributed by atoms with van der Waals surface area (Å²) in [5, 5.41) is 24.1. The molecule has 2 heterocycles. The molecule has 2 aromatic rings. The molecule has 1 spiro atoms. The Hall–Kier alpha value is -2.61. The maximum absolute atomic E-state index is 11.1. The van der Waals surface area contributed by atoms with Gasteiger partial charge in [-0.25, -0.2) is 0 Å². The van der Waals surface area contributed by atoms with Gasteiger partial charge >= 0.3 is 0 Å². The van der Waals surface area contributed by atoms with E-state index in [1.54, 1.807) is 19.2 Å². The van der Waals surface area contributed by atoms with E-state index in [4.69, 9.17) is 9.47 Å².